The van der Waals surface area contributed by atoms with E-state index in [1.807, 2.05) is 42.6 Å². The van der Waals surface area contributed by atoms with Crippen molar-refractivity contribution in [2.75, 3.05) is 0 Å². The Balaban J connectivity index is 2.24. The normalized spacial score (nSPS) is 10.9. The smallest absolute Gasteiger partial charge is 0.182 e. The average molecular weight is 353 g/mol. The number of aromatic nitrogens is 3. The monoisotopic (exact) mass is 351 g/mol. The molecular formula is C12H7Br2N3. The molecule has 0 spiro atoms. The molecule has 3 rings (SSSR count). The Morgan fingerprint density at radius 3 is 2.59 bits per heavy atom. The lowest BCUT2D eigenvalue weighted by molar-refractivity contribution is 0.958. The first-order valence-corrected chi connectivity index (χ1v) is 6.59. The fourth-order valence-corrected chi connectivity index (χ4v) is 2.87. The molecule has 0 amide bonds. The van der Waals surface area contributed by atoms with Crippen molar-refractivity contribution >= 4 is 37.5 Å². The third-order valence-corrected chi connectivity index (χ3v) is 3.40. The Bertz CT molecular complexity index is 677. The van der Waals surface area contributed by atoms with Gasteiger partial charge >= 0.3 is 0 Å². The summed E-state index contributed by atoms with van der Waals surface area (Å²) in [4.78, 5) is 4.51. The highest BCUT2D eigenvalue weighted by Gasteiger charge is 2.09. The maximum Gasteiger partial charge on any atom is 0.182 e. The van der Waals surface area contributed by atoms with E-state index in [4.69, 9.17) is 0 Å². The second kappa shape index (κ2) is 4.23. The second-order valence-electron chi connectivity index (χ2n) is 3.58. The van der Waals surface area contributed by atoms with Crippen LogP contribution in [0.25, 0.3) is 17.0 Å². The number of rotatable bonds is 1. The molecule has 0 aliphatic carbocycles. The Labute approximate surface area is 115 Å². The van der Waals surface area contributed by atoms with Gasteiger partial charge in [-0.05, 0) is 37.9 Å². The van der Waals surface area contributed by atoms with Crippen LogP contribution < -0.4 is 0 Å². The van der Waals surface area contributed by atoms with Gasteiger partial charge in [-0.15, -0.1) is 5.10 Å². The maximum absolute atomic E-state index is 4.51. The Morgan fingerprint density at radius 2 is 1.82 bits per heavy atom. The van der Waals surface area contributed by atoms with Crippen molar-refractivity contribution in [1.29, 1.82) is 0 Å². The number of hydrogen-bond acceptors (Lipinski definition) is 2. The highest BCUT2D eigenvalue weighted by atomic mass is 79.9. The highest BCUT2D eigenvalue weighted by Crippen LogP contribution is 2.24. The lowest BCUT2D eigenvalue weighted by atomic mass is 10.2. The predicted octanol–water partition coefficient (Wildman–Crippen LogP) is 3.92. The molecule has 1 aromatic carbocycles. The van der Waals surface area contributed by atoms with E-state index in [9.17, 15) is 0 Å². The molecule has 84 valence electrons. The van der Waals surface area contributed by atoms with Crippen molar-refractivity contribution < 1.29 is 0 Å². The zero-order valence-corrected chi connectivity index (χ0v) is 11.8. The summed E-state index contributed by atoms with van der Waals surface area (Å²) in [6.45, 7) is 0. The van der Waals surface area contributed by atoms with Crippen LogP contribution in [0.2, 0.25) is 0 Å². The molecule has 3 nitrogen and oxygen atoms in total. The molecule has 3 aromatic rings. The van der Waals surface area contributed by atoms with E-state index in [1.54, 1.807) is 4.52 Å². The molecule has 0 saturated carbocycles. The van der Waals surface area contributed by atoms with Gasteiger partial charge in [-0.25, -0.2) is 9.50 Å². The van der Waals surface area contributed by atoms with Gasteiger partial charge in [0.15, 0.2) is 11.5 Å². The maximum atomic E-state index is 4.51. The van der Waals surface area contributed by atoms with E-state index in [-0.39, 0.29) is 0 Å². The molecule has 0 radical (unpaired) electrons. The summed E-state index contributed by atoms with van der Waals surface area (Å²) in [6, 6.07) is 11.9. The van der Waals surface area contributed by atoms with Crippen molar-refractivity contribution in [3.05, 3.63) is 51.5 Å². The van der Waals surface area contributed by atoms with Crippen molar-refractivity contribution in [2.45, 2.75) is 0 Å². The van der Waals surface area contributed by atoms with Crippen molar-refractivity contribution in [2.24, 2.45) is 0 Å². The van der Waals surface area contributed by atoms with Gasteiger partial charge in [-0.1, -0.05) is 30.3 Å². The first-order chi connectivity index (χ1) is 8.24. The number of fused-ring (bicyclic) bond motifs is 1. The fraction of sp³-hybridized carbons (Fsp3) is 0. The zero-order valence-electron chi connectivity index (χ0n) is 8.64. The van der Waals surface area contributed by atoms with Gasteiger partial charge in [0.25, 0.3) is 0 Å². The Hall–Kier alpha value is -1.20. The summed E-state index contributed by atoms with van der Waals surface area (Å²) >= 11 is 6.91. The minimum atomic E-state index is 0.726. The fourth-order valence-electron chi connectivity index (χ4n) is 1.63. The van der Waals surface area contributed by atoms with E-state index < -0.39 is 0 Å². The molecule has 0 unspecified atom stereocenters. The average Bonchev–Trinajstić information content (AvgIpc) is 2.74. The first-order valence-electron chi connectivity index (χ1n) is 5.01. The van der Waals surface area contributed by atoms with Crippen LogP contribution in [0.1, 0.15) is 0 Å². The van der Waals surface area contributed by atoms with Gasteiger partial charge in [-0.2, -0.15) is 0 Å². The zero-order chi connectivity index (χ0) is 11.8. The molecule has 0 fully saturated rings. The molecular weight excluding hydrogens is 346 g/mol. The highest BCUT2D eigenvalue weighted by molar-refractivity contribution is 9.11. The third-order valence-electron chi connectivity index (χ3n) is 2.39. The standard InChI is InChI=1S/C12H7Br2N3/c13-9-6-10(14)12-15-11(16-17(12)7-9)8-4-2-1-3-5-8/h1-7H. The van der Waals surface area contributed by atoms with Crippen LogP contribution in [0.5, 0.6) is 0 Å². The summed E-state index contributed by atoms with van der Waals surface area (Å²) in [5, 5.41) is 4.45. The minimum absolute atomic E-state index is 0.726. The van der Waals surface area contributed by atoms with Gasteiger partial charge in [0.05, 0.1) is 4.47 Å². The van der Waals surface area contributed by atoms with Gasteiger partial charge in [0.1, 0.15) is 0 Å². The molecule has 0 atom stereocenters. The number of nitrogens with zero attached hydrogens (tertiary/aromatic N) is 3. The summed E-state index contributed by atoms with van der Waals surface area (Å²) in [5.74, 6) is 0.726. The molecule has 0 N–H and O–H groups in total. The number of hydrogen-bond donors (Lipinski definition) is 0. The minimum Gasteiger partial charge on any atom is -0.218 e. The largest absolute Gasteiger partial charge is 0.218 e. The Morgan fingerprint density at radius 1 is 1.06 bits per heavy atom. The molecule has 0 bridgehead atoms. The summed E-state index contributed by atoms with van der Waals surface area (Å²) in [6.07, 6.45) is 1.89. The molecule has 5 heteroatoms. The Kier molecular flexibility index (Phi) is 2.72. The van der Waals surface area contributed by atoms with Crippen LogP contribution in [0.3, 0.4) is 0 Å². The third kappa shape index (κ3) is 2.00. The summed E-state index contributed by atoms with van der Waals surface area (Å²) in [5.41, 5.74) is 1.83. The molecule has 0 aliphatic heterocycles. The van der Waals surface area contributed by atoms with Crippen LogP contribution in [0.4, 0.5) is 0 Å². The van der Waals surface area contributed by atoms with Gasteiger partial charge in [-0.3, -0.25) is 0 Å². The molecule has 17 heavy (non-hydrogen) atoms. The van der Waals surface area contributed by atoms with E-state index in [0.717, 1.165) is 26.0 Å². The quantitative estimate of drug-likeness (QED) is 0.664. The van der Waals surface area contributed by atoms with E-state index >= 15 is 0 Å². The van der Waals surface area contributed by atoms with Crippen LogP contribution in [-0.2, 0) is 0 Å². The van der Waals surface area contributed by atoms with Crippen molar-refractivity contribution in [3.63, 3.8) is 0 Å². The van der Waals surface area contributed by atoms with Crippen LogP contribution in [0.15, 0.2) is 51.5 Å². The topological polar surface area (TPSA) is 30.2 Å². The number of halogens is 2. The van der Waals surface area contributed by atoms with Gasteiger partial charge < -0.3 is 0 Å². The summed E-state index contributed by atoms with van der Waals surface area (Å²) in [7, 11) is 0. The van der Waals surface area contributed by atoms with Gasteiger partial charge in [0, 0.05) is 16.2 Å². The molecule has 0 saturated heterocycles. The second-order valence-corrected chi connectivity index (χ2v) is 5.35. The van der Waals surface area contributed by atoms with E-state index in [1.165, 1.54) is 0 Å². The predicted molar refractivity (Wildman–Crippen MR) is 73.8 cm³/mol. The van der Waals surface area contributed by atoms with Crippen LogP contribution >= 0.6 is 31.9 Å². The summed E-state index contributed by atoms with van der Waals surface area (Å²) < 4.78 is 3.64. The van der Waals surface area contributed by atoms with Crippen molar-refractivity contribution in [3.8, 4) is 11.4 Å². The molecule has 2 aromatic heterocycles. The number of benzene rings is 1. The van der Waals surface area contributed by atoms with E-state index in [0.29, 0.717) is 0 Å². The van der Waals surface area contributed by atoms with E-state index in [2.05, 4.69) is 41.9 Å². The molecule has 2 heterocycles. The lowest BCUT2D eigenvalue weighted by Crippen LogP contribution is -1.87. The lowest BCUT2D eigenvalue weighted by Gasteiger charge is -1.94. The SMILES string of the molecule is Brc1cc(Br)c2nc(-c3ccccc3)nn2c1. The van der Waals surface area contributed by atoms with Gasteiger partial charge in [0.2, 0.25) is 0 Å². The van der Waals surface area contributed by atoms with Crippen molar-refractivity contribution in [1.82, 2.24) is 14.6 Å². The van der Waals surface area contributed by atoms with Crippen LogP contribution in [0, 0.1) is 0 Å². The number of pyridine rings is 1. The molecule has 0 aliphatic rings. The van der Waals surface area contributed by atoms with Crippen LogP contribution in [-0.4, -0.2) is 14.6 Å². The first kappa shape index (κ1) is 10.9.